The van der Waals surface area contributed by atoms with Gasteiger partial charge in [-0.05, 0) is 52.0 Å². The van der Waals surface area contributed by atoms with Gasteiger partial charge in [-0.2, -0.15) is 0 Å². The minimum Gasteiger partial charge on any atom is -0.444 e. The highest BCUT2D eigenvalue weighted by atomic mass is 32.2. The number of hydrogen-bond donors (Lipinski definition) is 1. The summed E-state index contributed by atoms with van der Waals surface area (Å²) in [7, 11) is 0. The first kappa shape index (κ1) is 17.0. The summed E-state index contributed by atoms with van der Waals surface area (Å²) >= 11 is 1.73. The van der Waals surface area contributed by atoms with Crippen LogP contribution in [-0.4, -0.2) is 42.0 Å². The fourth-order valence-electron chi connectivity index (χ4n) is 2.57. The predicted octanol–water partition coefficient (Wildman–Crippen LogP) is 4.22. The summed E-state index contributed by atoms with van der Waals surface area (Å²) in [5, 5.41) is 3.58. The lowest BCUT2D eigenvalue weighted by molar-refractivity contribution is 0.0206. The molecule has 1 saturated heterocycles. The number of thioether (sulfide) groups is 1. The summed E-state index contributed by atoms with van der Waals surface area (Å²) in [5.74, 6) is 0. The van der Waals surface area contributed by atoms with Crippen LogP contribution in [0.1, 0.15) is 33.6 Å². The lowest BCUT2D eigenvalue weighted by Crippen LogP contribution is -2.47. The van der Waals surface area contributed by atoms with Crippen LogP contribution in [0.4, 0.5) is 10.5 Å². The Hall–Kier alpha value is -1.36. The smallest absolute Gasteiger partial charge is 0.410 e. The van der Waals surface area contributed by atoms with Gasteiger partial charge in [0.1, 0.15) is 5.60 Å². The summed E-state index contributed by atoms with van der Waals surface area (Å²) in [5.41, 5.74) is 0.703. The van der Waals surface area contributed by atoms with E-state index in [0.717, 1.165) is 25.1 Å². The van der Waals surface area contributed by atoms with Crippen LogP contribution < -0.4 is 5.32 Å². The third-order valence-electron chi connectivity index (χ3n) is 3.54. The van der Waals surface area contributed by atoms with Crippen LogP contribution in [0.5, 0.6) is 0 Å². The van der Waals surface area contributed by atoms with Crippen molar-refractivity contribution >= 4 is 23.5 Å². The van der Waals surface area contributed by atoms with Gasteiger partial charge in [-0.15, -0.1) is 11.8 Å². The third-order valence-corrected chi connectivity index (χ3v) is 4.34. The molecule has 0 aromatic heterocycles. The van der Waals surface area contributed by atoms with E-state index in [-0.39, 0.29) is 12.1 Å². The van der Waals surface area contributed by atoms with Gasteiger partial charge in [0, 0.05) is 29.7 Å². The summed E-state index contributed by atoms with van der Waals surface area (Å²) < 4.78 is 5.48. The maximum atomic E-state index is 12.2. The van der Waals surface area contributed by atoms with Crippen LogP contribution in [0, 0.1) is 0 Å². The number of anilines is 1. The molecule has 0 radical (unpaired) electrons. The molecule has 1 heterocycles. The van der Waals surface area contributed by atoms with Crippen molar-refractivity contribution in [1.82, 2.24) is 4.90 Å². The Labute approximate surface area is 137 Å². The number of nitrogens with zero attached hydrogens (tertiary/aromatic N) is 1. The molecule has 0 saturated carbocycles. The molecule has 122 valence electrons. The zero-order chi connectivity index (χ0) is 16.2. The highest BCUT2D eigenvalue weighted by Crippen LogP contribution is 2.27. The molecule has 1 N–H and O–H groups in total. The molecule has 2 rings (SSSR count). The first-order valence-corrected chi connectivity index (χ1v) is 8.99. The molecule has 1 aromatic rings. The van der Waals surface area contributed by atoms with Gasteiger partial charge in [0.15, 0.2) is 0 Å². The Morgan fingerprint density at radius 1 is 1.36 bits per heavy atom. The Morgan fingerprint density at radius 2 is 2.09 bits per heavy atom. The highest BCUT2D eigenvalue weighted by Gasteiger charge is 2.27. The number of carbonyl (C=O) groups is 1. The number of benzene rings is 1. The van der Waals surface area contributed by atoms with E-state index in [1.807, 2.05) is 37.8 Å². The van der Waals surface area contributed by atoms with E-state index in [1.54, 1.807) is 11.8 Å². The van der Waals surface area contributed by atoms with E-state index >= 15 is 0 Å². The Balaban J connectivity index is 1.97. The third kappa shape index (κ3) is 4.83. The van der Waals surface area contributed by atoms with Crippen LogP contribution in [0.25, 0.3) is 0 Å². The Bertz CT molecular complexity index is 514. The van der Waals surface area contributed by atoms with Gasteiger partial charge >= 0.3 is 6.09 Å². The van der Waals surface area contributed by atoms with Crippen molar-refractivity contribution < 1.29 is 9.53 Å². The van der Waals surface area contributed by atoms with E-state index in [4.69, 9.17) is 4.74 Å². The van der Waals surface area contributed by atoms with Crippen molar-refractivity contribution in [3.05, 3.63) is 24.3 Å². The van der Waals surface area contributed by atoms with Crippen molar-refractivity contribution in [1.29, 1.82) is 0 Å². The monoisotopic (exact) mass is 322 g/mol. The topological polar surface area (TPSA) is 41.6 Å². The number of nitrogens with one attached hydrogen (secondary N) is 1. The molecule has 1 atom stereocenters. The molecule has 5 heteroatoms. The largest absolute Gasteiger partial charge is 0.444 e. The van der Waals surface area contributed by atoms with Gasteiger partial charge in [0.2, 0.25) is 0 Å². The maximum Gasteiger partial charge on any atom is 0.410 e. The van der Waals surface area contributed by atoms with Crippen LogP contribution in [0.2, 0.25) is 0 Å². The quantitative estimate of drug-likeness (QED) is 0.846. The molecule has 0 spiro atoms. The van der Waals surface area contributed by atoms with Crippen LogP contribution in [-0.2, 0) is 4.74 Å². The molecule has 0 aliphatic carbocycles. The average Bonchev–Trinajstić information content (AvgIpc) is 2.46. The summed E-state index contributed by atoms with van der Waals surface area (Å²) in [6.45, 7) is 7.17. The second-order valence-electron chi connectivity index (χ2n) is 6.61. The fourth-order valence-corrected chi connectivity index (χ4v) is 3.13. The lowest BCUT2D eigenvalue weighted by Gasteiger charge is -2.35. The number of carbonyl (C=O) groups excluding carboxylic acids is 1. The first-order chi connectivity index (χ1) is 10.4. The summed E-state index contributed by atoms with van der Waals surface area (Å²) in [6.07, 6.45) is 3.94. The normalized spacial score (nSPS) is 18.9. The van der Waals surface area contributed by atoms with Crippen LogP contribution >= 0.6 is 11.8 Å². The van der Waals surface area contributed by atoms with E-state index in [2.05, 4.69) is 23.7 Å². The van der Waals surface area contributed by atoms with Crippen molar-refractivity contribution in [2.24, 2.45) is 0 Å². The van der Waals surface area contributed by atoms with Gasteiger partial charge in [0.25, 0.3) is 0 Å². The van der Waals surface area contributed by atoms with Crippen LogP contribution in [0.3, 0.4) is 0 Å². The number of para-hydroxylation sites is 1. The van der Waals surface area contributed by atoms with Crippen molar-refractivity contribution in [2.75, 3.05) is 24.7 Å². The van der Waals surface area contributed by atoms with Crippen LogP contribution in [0.15, 0.2) is 29.2 Å². The summed E-state index contributed by atoms with van der Waals surface area (Å²) in [6, 6.07) is 8.57. The number of amides is 1. The molecule has 1 aromatic carbocycles. The highest BCUT2D eigenvalue weighted by molar-refractivity contribution is 7.98. The number of rotatable bonds is 3. The minimum absolute atomic E-state index is 0.211. The van der Waals surface area contributed by atoms with Gasteiger partial charge in [-0.3, -0.25) is 0 Å². The molecule has 1 amide bonds. The maximum absolute atomic E-state index is 12.2. The van der Waals surface area contributed by atoms with Gasteiger partial charge in [-0.1, -0.05) is 12.1 Å². The fraction of sp³-hybridized carbons (Fsp3) is 0.588. The van der Waals surface area contributed by atoms with Crippen molar-refractivity contribution in [3.8, 4) is 0 Å². The standard InChI is InChI=1S/C17H26N2O2S/c1-17(2,3)21-16(20)19-11-7-8-13(12-19)18-14-9-5-6-10-15(14)22-4/h5-6,9-10,13,18H,7-8,11-12H2,1-4H3. The second kappa shape index (κ2) is 7.27. The SMILES string of the molecule is CSc1ccccc1NC1CCCN(C(=O)OC(C)(C)C)C1. The number of ether oxygens (including phenoxy) is 1. The lowest BCUT2D eigenvalue weighted by atomic mass is 10.1. The molecule has 1 aliphatic rings. The Kier molecular flexibility index (Phi) is 5.62. The van der Waals surface area contributed by atoms with Gasteiger partial charge in [0.05, 0.1) is 0 Å². The molecular weight excluding hydrogens is 296 g/mol. The number of likely N-dealkylation sites (tertiary alicyclic amines) is 1. The molecule has 1 fully saturated rings. The zero-order valence-corrected chi connectivity index (χ0v) is 14.7. The molecular formula is C17H26N2O2S. The van der Waals surface area contributed by atoms with E-state index in [1.165, 1.54) is 4.90 Å². The van der Waals surface area contributed by atoms with Crippen molar-refractivity contribution in [2.45, 2.75) is 50.2 Å². The molecule has 0 bridgehead atoms. The van der Waals surface area contributed by atoms with Crippen molar-refractivity contribution in [3.63, 3.8) is 0 Å². The van der Waals surface area contributed by atoms with E-state index < -0.39 is 5.60 Å². The number of hydrogen-bond acceptors (Lipinski definition) is 4. The van der Waals surface area contributed by atoms with E-state index in [9.17, 15) is 4.79 Å². The van der Waals surface area contributed by atoms with E-state index in [0.29, 0.717) is 6.54 Å². The zero-order valence-electron chi connectivity index (χ0n) is 13.9. The first-order valence-electron chi connectivity index (χ1n) is 7.76. The Morgan fingerprint density at radius 3 is 2.77 bits per heavy atom. The number of piperidine rings is 1. The minimum atomic E-state index is -0.442. The molecule has 1 aliphatic heterocycles. The summed E-state index contributed by atoms with van der Waals surface area (Å²) in [4.78, 5) is 15.3. The predicted molar refractivity (Wildman–Crippen MR) is 92.7 cm³/mol. The van der Waals surface area contributed by atoms with Gasteiger partial charge < -0.3 is 15.0 Å². The molecule has 4 nitrogen and oxygen atoms in total. The molecule has 1 unspecified atom stereocenters. The second-order valence-corrected chi connectivity index (χ2v) is 7.46. The molecule has 22 heavy (non-hydrogen) atoms. The van der Waals surface area contributed by atoms with Gasteiger partial charge in [-0.25, -0.2) is 4.79 Å². The average molecular weight is 322 g/mol.